The van der Waals surface area contributed by atoms with Crippen molar-refractivity contribution in [1.82, 2.24) is 15.2 Å². The predicted octanol–water partition coefficient (Wildman–Crippen LogP) is -0.635. The van der Waals surface area contributed by atoms with E-state index < -0.39 is 52.0 Å². The van der Waals surface area contributed by atoms with Crippen LogP contribution in [0.5, 0.6) is 0 Å². The lowest BCUT2D eigenvalue weighted by Crippen LogP contribution is -2.70. The standard InChI is InChI=1S/C21H20N6O9S3/c1-34-26-14(12-8-38-21(22)24-12)16(28)25-15-17(29)27-13(6-7-37-18(15)27)20(31)36-9-35-19(30)10-2-4-11(5-3-10)39(23,32)33/h2-6,8,15,18H,7,9H2,1H3,(H2,22,24)(H,25,28)(H2,23,32,33)/b26-14-/t15-,18-/m1/s1. The molecule has 0 aliphatic carbocycles. The number of aromatic nitrogens is 1. The number of hydrogen-bond donors (Lipinski definition) is 3. The summed E-state index contributed by atoms with van der Waals surface area (Å²) in [5, 5.41) is 12.4. The van der Waals surface area contributed by atoms with Crippen LogP contribution in [0, 0.1) is 0 Å². The lowest BCUT2D eigenvalue weighted by atomic mass is 10.0. The molecule has 2 aliphatic rings. The molecule has 4 rings (SSSR count). The Bertz CT molecular complexity index is 1490. The molecule has 3 heterocycles. The zero-order chi connectivity index (χ0) is 28.3. The Balaban J connectivity index is 1.32. The summed E-state index contributed by atoms with van der Waals surface area (Å²) in [5.41, 5.74) is 5.55. The summed E-state index contributed by atoms with van der Waals surface area (Å²) in [6.45, 7) is -0.764. The fourth-order valence-electron chi connectivity index (χ4n) is 3.51. The lowest BCUT2D eigenvalue weighted by molar-refractivity contribution is -0.156. The van der Waals surface area contributed by atoms with E-state index in [1.54, 1.807) is 0 Å². The van der Waals surface area contributed by atoms with Gasteiger partial charge in [0.2, 0.25) is 16.8 Å². The van der Waals surface area contributed by atoms with Crippen LogP contribution in [0.4, 0.5) is 5.13 Å². The van der Waals surface area contributed by atoms with Crippen molar-refractivity contribution in [3.05, 3.63) is 52.7 Å². The molecule has 0 radical (unpaired) electrons. The number of primary sulfonamides is 1. The second-order valence-electron chi connectivity index (χ2n) is 7.72. The van der Waals surface area contributed by atoms with E-state index in [0.29, 0.717) is 5.75 Å². The van der Waals surface area contributed by atoms with Gasteiger partial charge in [-0.15, -0.1) is 23.1 Å². The highest BCUT2D eigenvalue weighted by atomic mass is 32.2. The predicted molar refractivity (Wildman–Crippen MR) is 137 cm³/mol. The number of nitrogens with one attached hydrogen (secondary N) is 1. The summed E-state index contributed by atoms with van der Waals surface area (Å²) in [5.74, 6) is -2.75. The summed E-state index contributed by atoms with van der Waals surface area (Å²) in [7, 11) is -2.68. The Kier molecular flexibility index (Phi) is 8.19. The third kappa shape index (κ3) is 6.03. The summed E-state index contributed by atoms with van der Waals surface area (Å²) < 4.78 is 32.5. The molecule has 0 unspecified atom stereocenters. The van der Waals surface area contributed by atoms with Crippen molar-refractivity contribution < 1.29 is 41.9 Å². The molecule has 0 bridgehead atoms. The van der Waals surface area contributed by atoms with Gasteiger partial charge in [-0.1, -0.05) is 5.16 Å². The van der Waals surface area contributed by atoms with E-state index >= 15 is 0 Å². The van der Waals surface area contributed by atoms with Gasteiger partial charge in [0.15, 0.2) is 10.8 Å². The zero-order valence-electron chi connectivity index (χ0n) is 19.9. The number of carbonyl (C=O) groups is 4. The monoisotopic (exact) mass is 596 g/mol. The quantitative estimate of drug-likeness (QED) is 0.108. The van der Waals surface area contributed by atoms with Crippen LogP contribution in [0.2, 0.25) is 0 Å². The number of oxime groups is 1. The maximum Gasteiger partial charge on any atom is 0.357 e. The lowest BCUT2D eigenvalue weighted by Gasteiger charge is -2.48. The van der Waals surface area contributed by atoms with E-state index in [4.69, 9.17) is 25.2 Å². The second kappa shape index (κ2) is 11.4. The minimum absolute atomic E-state index is 0.0000174. The molecule has 0 spiro atoms. The molecule has 2 aromatic rings. The van der Waals surface area contributed by atoms with Crippen molar-refractivity contribution in [1.29, 1.82) is 0 Å². The van der Waals surface area contributed by atoms with Crippen molar-refractivity contribution >= 4 is 67.7 Å². The Hall–Kier alpha value is -4.00. The Labute approximate surface area is 229 Å². The largest absolute Gasteiger partial charge is 0.424 e. The number of nitrogens with two attached hydrogens (primary N) is 2. The number of thioether (sulfide) groups is 1. The number of thiazole rings is 1. The molecule has 5 N–H and O–H groups in total. The van der Waals surface area contributed by atoms with Gasteiger partial charge in [-0.2, -0.15) is 0 Å². The van der Waals surface area contributed by atoms with Gasteiger partial charge in [0.05, 0.1) is 10.5 Å². The summed E-state index contributed by atoms with van der Waals surface area (Å²) in [4.78, 5) is 60.1. The Morgan fingerprint density at radius 1 is 1.21 bits per heavy atom. The van der Waals surface area contributed by atoms with E-state index in [1.165, 1.54) is 47.4 Å². The molecule has 2 amide bonds. The normalized spacial score (nSPS) is 18.8. The van der Waals surface area contributed by atoms with Crippen LogP contribution in [0.15, 0.2) is 51.5 Å². The van der Waals surface area contributed by atoms with Gasteiger partial charge in [0.25, 0.3) is 11.8 Å². The smallest absolute Gasteiger partial charge is 0.357 e. The Morgan fingerprint density at radius 3 is 2.51 bits per heavy atom. The van der Waals surface area contributed by atoms with Gasteiger partial charge in [-0.25, -0.2) is 28.1 Å². The first-order valence-electron chi connectivity index (χ1n) is 10.8. The number of ether oxygens (including phenoxy) is 2. The molecule has 15 nitrogen and oxygen atoms in total. The maximum absolute atomic E-state index is 12.8. The second-order valence-corrected chi connectivity index (χ2v) is 11.3. The first-order valence-corrected chi connectivity index (χ1v) is 14.2. The minimum atomic E-state index is -3.93. The molecule has 1 saturated heterocycles. The molecular weight excluding hydrogens is 576 g/mol. The molecule has 1 aromatic heterocycles. The number of β-lactam (4-membered cyclic amide) rings is 1. The molecule has 39 heavy (non-hydrogen) atoms. The average Bonchev–Trinajstić information content (AvgIpc) is 3.34. The van der Waals surface area contributed by atoms with Gasteiger partial charge in [-0.05, 0) is 30.3 Å². The van der Waals surface area contributed by atoms with Crippen LogP contribution in [0.3, 0.4) is 0 Å². The zero-order valence-corrected chi connectivity index (χ0v) is 22.4. The number of fused-ring (bicyclic) bond motifs is 1. The number of hydrogen-bond acceptors (Lipinski definition) is 14. The number of sulfonamides is 1. The fraction of sp³-hybridized carbons (Fsp3) is 0.238. The number of carbonyl (C=O) groups excluding carboxylic acids is 4. The average molecular weight is 597 g/mol. The van der Waals surface area contributed by atoms with Crippen molar-refractivity contribution in [3.63, 3.8) is 0 Å². The first-order chi connectivity index (χ1) is 18.5. The SMILES string of the molecule is CO/N=C(\C(=O)N[C@@H]1C(=O)N2C(C(=O)OCOC(=O)c3ccc(S(N)(=O)=O)cc3)=CCS[C@H]12)c1csc(N)n1. The molecule has 1 aromatic carbocycles. The van der Waals surface area contributed by atoms with Crippen molar-refractivity contribution in [2.24, 2.45) is 10.3 Å². The van der Waals surface area contributed by atoms with Crippen LogP contribution >= 0.6 is 23.1 Å². The van der Waals surface area contributed by atoms with Crippen molar-refractivity contribution in [2.45, 2.75) is 16.3 Å². The van der Waals surface area contributed by atoms with Crippen molar-refractivity contribution in [2.75, 3.05) is 25.4 Å². The summed E-state index contributed by atoms with van der Waals surface area (Å²) >= 11 is 2.41. The van der Waals surface area contributed by atoms with Crippen LogP contribution < -0.4 is 16.2 Å². The van der Waals surface area contributed by atoms with Crippen LogP contribution in [0.1, 0.15) is 16.1 Å². The summed E-state index contributed by atoms with van der Waals surface area (Å²) in [6.07, 6.45) is 1.48. The van der Waals surface area contributed by atoms with Gasteiger partial charge in [0.1, 0.15) is 29.9 Å². The molecule has 206 valence electrons. The molecule has 2 atom stereocenters. The molecular formula is C21H20N6O9S3. The summed E-state index contributed by atoms with van der Waals surface area (Å²) in [6, 6.07) is 3.67. The molecule has 18 heteroatoms. The van der Waals surface area contributed by atoms with E-state index in [-0.39, 0.29) is 32.7 Å². The highest BCUT2D eigenvalue weighted by molar-refractivity contribution is 8.00. The third-order valence-electron chi connectivity index (χ3n) is 5.30. The number of rotatable bonds is 9. The minimum Gasteiger partial charge on any atom is -0.424 e. The molecule has 1 fully saturated rings. The van der Waals surface area contributed by atoms with Gasteiger partial charge in [0, 0.05) is 11.1 Å². The Morgan fingerprint density at radius 2 is 1.90 bits per heavy atom. The first kappa shape index (κ1) is 28.0. The van der Waals surface area contributed by atoms with Crippen molar-refractivity contribution in [3.8, 4) is 0 Å². The number of anilines is 1. The van der Waals surface area contributed by atoms with Crippen LogP contribution in [-0.4, -0.2) is 78.8 Å². The van der Waals surface area contributed by atoms with Crippen LogP contribution in [-0.2, 0) is 38.7 Å². The highest BCUT2D eigenvalue weighted by Gasteiger charge is 2.53. The van der Waals surface area contributed by atoms with E-state index in [2.05, 4.69) is 15.5 Å². The number of amides is 2. The fourth-order valence-corrected chi connectivity index (χ4v) is 5.76. The molecule has 0 saturated carbocycles. The van der Waals surface area contributed by atoms with Gasteiger partial charge < -0.3 is 25.4 Å². The van der Waals surface area contributed by atoms with Crippen LogP contribution in [0.25, 0.3) is 0 Å². The van der Waals surface area contributed by atoms with Gasteiger partial charge >= 0.3 is 11.9 Å². The topological polar surface area (TPSA) is 223 Å². The number of nitrogens with zero attached hydrogens (tertiary/aromatic N) is 3. The van der Waals surface area contributed by atoms with E-state index in [0.717, 1.165) is 23.5 Å². The van der Waals surface area contributed by atoms with Gasteiger partial charge in [-0.3, -0.25) is 14.5 Å². The number of benzene rings is 1. The number of nitrogen functional groups attached to an aromatic ring is 1. The number of esters is 2. The maximum atomic E-state index is 12.8. The highest BCUT2D eigenvalue weighted by Crippen LogP contribution is 2.37. The third-order valence-corrected chi connectivity index (χ3v) is 8.09. The molecule has 2 aliphatic heterocycles. The van der Waals surface area contributed by atoms with E-state index in [1.807, 2.05) is 0 Å². The van der Waals surface area contributed by atoms with E-state index in [9.17, 15) is 27.6 Å².